The number of nitrogens with zero attached hydrogens (tertiary/aromatic N) is 2. The molecule has 2 fully saturated rings. The summed E-state index contributed by atoms with van der Waals surface area (Å²) in [5.74, 6) is 0. The summed E-state index contributed by atoms with van der Waals surface area (Å²) in [5.41, 5.74) is 5.00. The van der Waals surface area contributed by atoms with Crippen molar-refractivity contribution in [2.75, 3.05) is 0 Å². The molecule has 5 rings (SSSR count). The smallest absolute Gasteiger partial charge is 0.184 e. The summed E-state index contributed by atoms with van der Waals surface area (Å²) in [5, 5.41) is 0. The van der Waals surface area contributed by atoms with Crippen molar-refractivity contribution < 1.29 is 9.47 Å². The van der Waals surface area contributed by atoms with Gasteiger partial charge in [-0.3, -0.25) is 9.80 Å². The highest BCUT2D eigenvalue weighted by molar-refractivity contribution is 5.23. The lowest BCUT2D eigenvalue weighted by Gasteiger charge is -2.56. The van der Waals surface area contributed by atoms with Crippen LogP contribution >= 0.6 is 0 Å². The molecular formula is C40H56N2O2. The zero-order valence-corrected chi connectivity index (χ0v) is 28.8. The Morgan fingerprint density at radius 1 is 0.545 bits per heavy atom. The highest BCUT2D eigenvalue weighted by Crippen LogP contribution is 2.45. The van der Waals surface area contributed by atoms with Crippen LogP contribution in [0.15, 0.2) is 84.9 Å². The third-order valence-electron chi connectivity index (χ3n) is 10.2. The standard InChI is InChI=1S/C40H56N2O2/c1-30-20-22-33(23-21-30)36(43-34-24-37(2,3)41(38(4,5)25-34)28-31-16-12-10-13-17-31)44-35-26-39(6,7)42(40(8,9)27-35)29-32-18-14-11-15-19-32/h10-23,34-36H,24-29H2,1-9H3. The summed E-state index contributed by atoms with van der Waals surface area (Å²) in [6.07, 6.45) is 3.63. The molecule has 3 aromatic carbocycles. The summed E-state index contributed by atoms with van der Waals surface area (Å²) in [7, 11) is 0. The Morgan fingerprint density at radius 2 is 0.886 bits per heavy atom. The predicted molar refractivity (Wildman–Crippen MR) is 182 cm³/mol. The van der Waals surface area contributed by atoms with Crippen molar-refractivity contribution >= 4 is 0 Å². The number of aryl methyl sites for hydroxylation is 1. The fourth-order valence-corrected chi connectivity index (χ4v) is 8.30. The van der Waals surface area contributed by atoms with Crippen LogP contribution in [-0.4, -0.2) is 44.2 Å². The van der Waals surface area contributed by atoms with Gasteiger partial charge in [-0.25, -0.2) is 0 Å². The molecular weight excluding hydrogens is 540 g/mol. The summed E-state index contributed by atoms with van der Waals surface area (Å²) in [6, 6.07) is 30.5. The number of rotatable bonds is 9. The highest BCUT2D eigenvalue weighted by atomic mass is 16.7. The van der Waals surface area contributed by atoms with E-state index in [0.717, 1.165) is 44.3 Å². The second-order valence-corrected chi connectivity index (χ2v) is 16.0. The molecule has 3 aromatic rings. The first-order valence-corrected chi connectivity index (χ1v) is 16.7. The Morgan fingerprint density at radius 3 is 1.23 bits per heavy atom. The molecule has 0 spiro atoms. The van der Waals surface area contributed by atoms with E-state index in [4.69, 9.17) is 9.47 Å². The Hall–Kier alpha value is -2.50. The summed E-state index contributed by atoms with van der Waals surface area (Å²) < 4.78 is 14.2. The quantitative estimate of drug-likeness (QED) is 0.230. The summed E-state index contributed by atoms with van der Waals surface area (Å²) >= 11 is 0. The molecule has 2 heterocycles. The molecule has 0 saturated carbocycles. The molecule has 0 amide bonds. The minimum atomic E-state index is -0.398. The van der Waals surface area contributed by atoms with Crippen LogP contribution in [0.1, 0.15) is 110 Å². The van der Waals surface area contributed by atoms with E-state index in [-0.39, 0.29) is 34.4 Å². The number of hydrogen-bond donors (Lipinski definition) is 0. The minimum absolute atomic E-state index is 0.0210. The molecule has 4 heteroatoms. The molecule has 0 radical (unpaired) electrons. The van der Waals surface area contributed by atoms with E-state index in [1.165, 1.54) is 16.7 Å². The number of ether oxygens (including phenoxy) is 2. The topological polar surface area (TPSA) is 24.9 Å². The van der Waals surface area contributed by atoms with Gasteiger partial charge in [0.25, 0.3) is 0 Å². The van der Waals surface area contributed by atoms with Crippen molar-refractivity contribution in [2.24, 2.45) is 0 Å². The van der Waals surface area contributed by atoms with Crippen molar-refractivity contribution in [2.45, 2.75) is 142 Å². The maximum absolute atomic E-state index is 7.09. The molecule has 0 aliphatic carbocycles. The molecule has 4 nitrogen and oxygen atoms in total. The highest BCUT2D eigenvalue weighted by Gasteiger charge is 2.48. The first-order valence-electron chi connectivity index (χ1n) is 16.7. The van der Waals surface area contributed by atoms with Crippen LogP contribution in [0.25, 0.3) is 0 Å². The van der Waals surface area contributed by atoms with Gasteiger partial charge in [-0.05, 0) is 99.1 Å². The summed E-state index contributed by atoms with van der Waals surface area (Å²) in [6.45, 7) is 23.0. The molecule has 0 aromatic heterocycles. The van der Waals surface area contributed by atoms with E-state index >= 15 is 0 Å². The molecule has 44 heavy (non-hydrogen) atoms. The van der Waals surface area contributed by atoms with Crippen LogP contribution in [-0.2, 0) is 22.6 Å². The maximum Gasteiger partial charge on any atom is 0.184 e. The molecule has 0 atom stereocenters. The zero-order valence-electron chi connectivity index (χ0n) is 28.8. The Bertz CT molecular complexity index is 1230. The van der Waals surface area contributed by atoms with Crippen LogP contribution in [0.2, 0.25) is 0 Å². The van der Waals surface area contributed by atoms with E-state index in [0.29, 0.717) is 0 Å². The average molecular weight is 597 g/mol. The lowest BCUT2D eigenvalue weighted by molar-refractivity contribution is -0.242. The van der Waals surface area contributed by atoms with Crippen LogP contribution in [0.3, 0.4) is 0 Å². The van der Waals surface area contributed by atoms with E-state index in [1.807, 2.05) is 0 Å². The molecule has 2 saturated heterocycles. The van der Waals surface area contributed by atoms with Crippen molar-refractivity contribution in [1.82, 2.24) is 9.80 Å². The number of piperidine rings is 2. The molecule has 2 aliphatic heterocycles. The van der Waals surface area contributed by atoms with Crippen molar-refractivity contribution in [3.05, 3.63) is 107 Å². The van der Waals surface area contributed by atoms with Crippen molar-refractivity contribution in [3.8, 4) is 0 Å². The van der Waals surface area contributed by atoms with Gasteiger partial charge in [0.1, 0.15) is 0 Å². The predicted octanol–water partition coefficient (Wildman–Crippen LogP) is 9.47. The number of benzene rings is 3. The van der Waals surface area contributed by atoms with Crippen LogP contribution in [0, 0.1) is 6.92 Å². The Balaban J connectivity index is 1.35. The van der Waals surface area contributed by atoms with Gasteiger partial charge in [-0.2, -0.15) is 0 Å². The van der Waals surface area contributed by atoms with Gasteiger partial charge >= 0.3 is 0 Å². The van der Waals surface area contributed by atoms with Gasteiger partial charge in [-0.1, -0.05) is 90.5 Å². The lowest BCUT2D eigenvalue weighted by Crippen LogP contribution is -2.62. The molecule has 2 aliphatic rings. The van der Waals surface area contributed by atoms with E-state index in [9.17, 15) is 0 Å². The van der Waals surface area contributed by atoms with Crippen LogP contribution in [0.4, 0.5) is 0 Å². The van der Waals surface area contributed by atoms with Gasteiger partial charge in [0, 0.05) is 40.8 Å². The van der Waals surface area contributed by atoms with E-state index in [2.05, 4.69) is 157 Å². The zero-order chi connectivity index (χ0) is 31.8. The van der Waals surface area contributed by atoms with Gasteiger partial charge in [0.15, 0.2) is 6.29 Å². The van der Waals surface area contributed by atoms with E-state index in [1.54, 1.807) is 0 Å². The van der Waals surface area contributed by atoms with E-state index < -0.39 is 6.29 Å². The third kappa shape index (κ3) is 7.65. The average Bonchev–Trinajstić information content (AvgIpc) is 2.93. The summed E-state index contributed by atoms with van der Waals surface area (Å²) in [4.78, 5) is 5.34. The SMILES string of the molecule is Cc1ccc(C(OC2CC(C)(C)N(Cc3ccccc3)C(C)(C)C2)OC2CC(C)(C)N(Cc3ccccc3)C(C)(C)C2)cc1. The normalized spacial score (nSPS) is 22.3. The molecule has 238 valence electrons. The van der Waals surface area contributed by atoms with Crippen molar-refractivity contribution in [3.63, 3.8) is 0 Å². The molecule has 0 unspecified atom stereocenters. The van der Waals surface area contributed by atoms with Crippen molar-refractivity contribution in [1.29, 1.82) is 0 Å². The van der Waals surface area contributed by atoms with Gasteiger partial charge in [0.2, 0.25) is 0 Å². The Labute approximate surface area is 267 Å². The Kier molecular flexibility index (Phi) is 9.50. The van der Waals surface area contributed by atoms with Gasteiger partial charge in [0.05, 0.1) is 12.2 Å². The minimum Gasteiger partial charge on any atom is -0.345 e. The molecule has 0 bridgehead atoms. The number of likely N-dealkylation sites (tertiary alicyclic amines) is 2. The fraction of sp³-hybridized carbons (Fsp3) is 0.550. The fourth-order valence-electron chi connectivity index (χ4n) is 8.30. The first-order chi connectivity index (χ1) is 20.6. The second-order valence-electron chi connectivity index (χ2n) is 16.0. The number of hydrogen-bond acceptors (Lipinski definition) is 4. The van der Waals surface area contributed by atoms with Gasteiger partial charge in [-0.15, -0.1) is 0 Å². The van der Waals surface area contributed by atoms with Crippen LogP contribution < -0.4 is 0 Å². The molecule has 0 N–H and O–H groups in total. The largest absolute Gasteiger partial charge is 0.345 e. The lowest BCUT2D eigenvalue weighted by atomic mass is 9.77. The first kappa shape index (κ1) is 32.9. The monoisotopic (exact) mass is 596 g/mol. The second kappa shape index (κ2) is 12.7. The maximum atomic E-state index is 7.09. The van der Waals surface area contributed by atoms with Gasteiger partial charge < -0.3 is 9.47 Å². The van der Waals surface area contributed by atoms with Crippen LogP contribution in [0.5, 0.6) is 0 Å². The third-order valence-corrected chi connectivity index (χ3v) is 10.2.